The van der Waals surface area contributed by atoms with Gasteiger partial charge in [-0.05, 0) is 210 Å². The van der Waals surface area contributed by atoms with E-state index < -0.39 is 5.82 Å². The zero-order valence-corrected chi connectivity index (χ0v) is 74.5. The molecule has 0 atom stereocenters. The number of carbonyl (C=O) groups excluding carboxylic acids is 1. The van der Waals surface area contributed by atoms with Gasteiger partial charge in [-0.2, -0.15) is 30.8 Å². The van der Waals surface area contributed by atoms with Crippen molar-refractivity contribution in [2.45, 2.75) is 158 Å². The third kappa shape index (κ3) is 31.6. The summed E-state index contributed by atoms with van der Waals surface area (Å²) >= 11 is 5.71. The minimum atomic E-state index is -0.413. The number of carbonyl (C=O) groups is 1. The fourth-order valence-corrected chi connectivity index (χ4v) is 14.8. The number of ether oxygens (including phenoxy) is 3. The van der Waals surface area contributed by atoms with Gasteiger partial charge >= 0.3 is 0 Å². The number of hydrogen-bond donors (Lipinski definition) is 6. The molecule has 3 aliphatic rings. The van der Waals surface area contributed by atoms with Gasteiger partial charge in [0.05, 0.1) is 102 Å². The summed E-state index contributed by atoms with van der Waals surface area (Å²) in [5.41, 5.74) is 23.1. The smallest absolute Gasteiger partial charge is 0.222 e. The van der Waals surface area contributed by atoms with E-state index in [1.165, 1.54) is 85.9 Å². The van der Waals surface area contributed by atoms with Crippen molar-refractivity contribution in [2.24, 2.45) is 17.6 Å². The summed E-state index contributed by atoms with van der Waals surface area (Å²) in [7, 11) is 10.6. The van der Waals surface area contributed by atoms with Gasteiger partial charge in [0.2, 0.25) is 5.91 Å². The number of morpholine rings is 1. The van der Waals surface area contributed by atoms with Crippen LogP contribution in [0.25, 0.3) is 56.3 Å². The van der Waals surface area contributed by atoms with E-state index in [0.29, 0.717) is 24.4 Å². The van der Waals surface area contributed by atoms with Crippen molar-refractivity contribution in [2.75, 3.05) is 145 Å². The number of anilines is 1. The fourth-order valence-electron chi connectivity index (χ4n) is 14.7. The molecule has 5 aromatic heterocycles. The van der Waals surface area contributed by atoms with Gasteiger partial charge in [-0.3, -0.25) is 35.2 Å². The number of halogens is 3. The number of likely N-dealkylation sites (N-methyl/N-ethyl adjacent to an activating group) is 1. The maximum absolute atomic E-state index is 14.2. The van der Waals surface area contributed by atoms with Gasteiger partial charge in [-0.15, -0.1) is 0 Å². The molecule has 3 fully saturated rings. The summed E-state index contributed by atoms with van der Waals surface area (Å²) in [6, 6.07) is 36.6. The fraction of sp³-hybridized carbons (Fsp3) is 0.500. The highest BCUT2D eigenvalue weighted by atomic mass is 35.5. The van der Waals surface area contributed by atoms with Crippen LogP contribution in [0.15, 0.2) is 140 Å². The van der Waals surface area contributed by atoms with E-state index >= 15 is 0 Å². The number of H-pyrrole nitrogens is 5. The van der Waals surface area contributed by atoms with Crippen LogP contribution in [-0.4, -0.2) is 237 Å². The summed E-state index contributed by atoms with van der Waals surface area (Å²) < 4.78 is 44.5. The van der Waals surface area contributed by atoms with Gasteiger partial charge in [0.25, 0.3) is 0 Å². The minimum Gasteiger partial charge on any atom is -0.494 e. The molecule has 0 spiro atoms. The van der Waals surface area contributed by atoms with Crippen molar-refractivity contribution < 1.29 is 27.8 Å². The van der Waals surface area contributed by atoms with E-state index in [1.807, 2.05) is 86.0 Å². The highest BCUT2D eigenvalue weighted by Gasteiger charge is 2.25. The Morgan fingerprint density at radius 2 is 0.975 bits per heavy atom. The van der Waals surface area contributed by atoms with Crippen LogP contribution in [0.2, 0.25) is 5.02 Å². The largest absolute Gasteiger partial charge is 0.494 e. The highest BCUT2D eigenvalue weighted by Crippen LogP contribution is 2.35. The van der Waals surface area contributed by atoms with Crippen molar-refractivity contribution in [3.8, 4) is 73.9 Å². The molecule has 7 N–H and O–H groups in total. The lowest BCUT2D eigenvalue weighted by atomic mass is 10.1. The number of nitrogens with one attached hydrogen (secondary N) is 5. The first-order chi connectivity index (χ1) is 58.6. The molecule has 2 saturated heterocycles. The molecule has 13 rings (SSSR count). The van der Waals surface area contributed by atoms with Crippen LogP contribution in [0, 0.1) is 34.8 Å². The summed E-state index contributed by atoms with van der Waals surface area (Å²) in [6.45, 7) is 33.4. The summed E-state index contributed by atoms with van der Waals surface area (Å²) in [6.07, 6.45) is 22.3. The van der Waals surface area contributed by atoms with Gasteiger partial charge in [-0.25, -0.2) is 8.78 Å². The molecule has 5 aromatic carbocycles. The summed E-state index contributed by atoms with van der Waals surface area (Å²) in [4.78, 5) is 30.4. The first kappa shape index (κ1) is 95.2. The molecule has 0 bridgehead atoms. The molecule has 10 aromatic rings. The number of hydrogen-bond acceptors (Lipinski definition) is 18. The third-order valence-electron chi connectivity index (χ3n) is 21.5. The molecule has 27 heteroatoms. The average Bonchev–Trinajstić information content (AvgIpc) is 1.81. The molecule has 654 valence electrons. The van der Waals surface area contributed by atoms with E-state index in [4.69, 9.17) is 36.8 Å². The number of benzene rings is 5. The molecule has 1 aliphatic carbocycles. The van der Waals surface area contributed by atoms with Gasteiger partial charge in [0.15, 0.2) is 11.6 Å². The average molecular weight is 1680 g/mol. The van der Waals surface area contributed by atoms with Crippen molar-refractivity contribution in [3.63, 3.8) is 0 Å². The molecule has 1 saturated carbocycles. The Balaban J connectivity index is 0.000000173. The lowest BCUT2D eigenvalue weighted by Gasteiger charge is -2.36. The van der Waals surface area contributed by atoms with Crippen molar-refractivity contribution >= 4 is 23.2 Å². The van der Waals surface area contributed by atoms with E-state index in [-0.39, 0.29) is 28.6 Å². The Hall–Kier alpha value is -9.66. The molecule has 0 unspecified atom stereocenters. The Morgan fingerprint density at radius 1 is 0.545 bits per heavy atom. The lowest BCUT2D eigenvalue weighted by Crippen LogP contribution is -2.49. The number of amides is 1. The van der Waals surface area contributed by atoms with E-state index in [0.717, 1.165) is 223 Å². The number of rotatable bonds is 39. The number of nitrogens with two attached hydrogens (primary N) is 1. The molecule has 1 amide bonds. The van der Waals surface area contributed by atoms with E-state index in [1.54, 1.807) is 24.4 Å². The van der Waals surface area contributed by atoms with Crippen LogP contribution >= 0.6 is 11.6 Å². The predicted octanol–water partition coefficient (Wildman–Crippen LogP) is 17.1. The number of aromatic amines is 5. The number of unbranched alkanes of at least 4 members (excludes halogenated alkanes) is 2. The van der Waals surface area contributed by atoms with Crippen molar-refractivity contribution in [3.05, 3.63) is 190 Å². The number of nitrogens with zero attached hydrogens (tertiary/aromatic N) is 14. The minimum absolute atomic E-state index is 0.0507. The number of nitriles is 1. The molecular formula is C94H133ClF2N20O4. The standard InChI is InChI=1S/C22H34N6O.C21H32N4O2.C18H26FN3O.C18H22N4.C15H19ClFN3/c1-17(2)14-21(29)28-12-10-27(11-13-28)20-6-4-18(5-7-20)22-19(15-24-25-22)16-26(3)9-8-23;1-3-9-24(2)17-19-16-22-23-21(19)18-5-7-20(8-6-18)27-13-4-10-25-11-14-26-15-12-25;1-5-6-9-22(4)12-15-11-20-21-18(15)14-7-8-17(16(19)10-14)23-13(2)3;1-22(10-2-3-14-4-5-14)13-17-12-20-21-18(17)16-8-6-15(11-19)7-9-16;1-3-4-7-20(2)10-12-9-18-19-15(12)11-5-6-13(16)14(17)8-11/h4-7,15,17H,8-14,16,23H2,1-3H3,(H,24,25);5-8,16H,3-4,9-15,17H2,1-2H3,(H,22,23);7-8,10-11,13H,5-6,9,12H2,1-4H3,(H,20,21);6-9,12,14H,2-5,10,13H2,1H3,(H,20,21);5-6,8-9H,3-4,7,10H2,1-2H3,(H,18,19). The molecule has 2 aliphatic heterocycles. The van der Waals surface area contributed by atoms with E-state index in [9.17, 15) is 13.6 Å². The van der Waals surface area contributed by atoms with Crippen molar-refractivity contribution in [1.82, 2.24) is 85.3 Å². The van der Waals surface area contributed by atoms with E-state index in [2.05, 4.69) is 198 Å². The molecule has 121 heavy (non-hydrogen) atoms. The molecular weight excluding hydrogens is 1550 g/mol. The second-order valence-electron chi connectivity index (χ2n) is 32.9. The van der Waals surface area contributed by atoms with Gasteiger partial charge < -0.3 is 54.2 Å². The Kier molecular flexibility index (Phi) is 39.9. The monoisotopic (exact) mass is 1680 g/mol. The second-order valence-corrected chi connectivity index (χ2v) is 33.4. The van der Waals surface area contributed by atoms with Gasteiger partial charge in [-0.1, -0.05) is 102 Å². The maximum atomic E-state index is 14.2. The normalized spacial score (nSPS) is 13.6. The molecule has 0 radical (unpaired) electrons. The van der Waals surface area contributed by atoms with Crippen molar-refractivity contribution in [1.29, 1.82) is 5.26 Å². The van der Waals surface area contributed by atoms with Crippen LogP contribution < -0.4 is 20.1 Å². The zero-order chi connectivity index (χ0) is 86.4. The Bertz CT molecular complexity index is 4630. The Labute approximate surface area is 722 Å². The zero-order valence-electron chi connectivity index (χ0n) is 73.7. The Morgan fingerprint density at radius 3 is 1.40 bits per heavy atom. The van der Waals surface area contributed by atoms with Crippen LogP contribution in [0.4, 0.5) is 14.5 Å². The highest BCUT2D eigenvalue weighted by molar-refractivity contribution is 6.30. The predicted molar refractivity (Wildman–Crippen MR) is 484 cm³/mol. The lowest BCUT2D eigenvalue weighted by molar-refractivity contribution is -0.132. The number of piperazine rings is 1. The van der Waals surface area contributed by atoms with Crippen LogP contribution in [0.5, 0.6) is 11.5 Å². The first-order valence-electron chi connectivity index (χ1n) is 43.4. The molecule has 24 nitrogen and oxygen atoms in total. The summed E-state index contributed by atoms with van der Waals surface area (Å²) in [5.74, 6) is 2.14. The topological polar surface area (TPSA) is 264 Å². The second kappa shape index (κ2) is 50.7. The maximum Gasteiger partial charge on any atom is 0.222 e. The third-order valence-corrected chi connectivity index (χ3v) is 21.8. The van der Waals surface area contributed by atoms with Gasteiger partial charge in [0, 0.05) is 154 Å². The molecule has 7 heterocycles. The SMILES string of the molecule is CC(C)CC(=O)N1CCN(c2ccc(-c3[nH]ncc3CN(C)CCN)cc2)CC1.CCCCN(C)Cc1cn[nH]c1-c1ccc(Cl)c(F)c1.CCCCN(C)Cc1cn[nH]c1-c1ccc(OC(C)C)c(F)c1.CCCN(C)Cc1cn[nH]c1-c1ccc(OCCCN2CCOCC2)cc1.CN(CCCC1CC1)Cc1cn[nH]c1-c1ccc(C#N)cc1. The quantitative estimate of drug-likeness (QED) is 0.0196. The van der Waals surface area contributed by atoms with Crippen LogP contribution in [0.3, 0.4) is 0 Å². The van der Waals surface area contributed by atoms with Gasteiger partial charge in [0.1, 0.15) is 11.6 Å². The van der Waals surface area contributed by atoms with Crippen LogP contribution in [0.1, 0.15) is 152 Å². The summed E-state index contributed by atoms with van der Waals surface area (Å²) in [5, 5.41) is 45.2. The van der Waals surface area contributed by atoms with Crippen LogP contribution in [-0.2, 0) is 42.3 Å². The number of aromatic nitrogens is 10. The first-order valence-corrected chi connectivity index (χ1v) is 43.8.